The van der Waals surface area contributed by atoms with Gasteiger partial charge in [-0.2, -0.15) is 0 Å². The number of phenols is 2. The van der Waals surface area contributed by atoms with Gasteiger partial charge in [-0.05, 0) is 48.9 Å². The van der Waals surface area contributed by atoms with Gasteiger partial charge in [0.15, 0.2) is 0 Å². The van der Waals surface area contributed by atoms with E-state index < -0.39 is 11.9 Å². The molecule has 0 aliphatic rings. The number of carboxylic acid groups (broad SMARTS) is 2. The van der Waals surface area contributed by atoms with Crippen LogP contribution in [-0.2, 0) is 12.8 Å². The normalized spacial score (nSPS) is 10.6. The molecule has 4 N–H and O–H groups in total. The van der Waals surface area contributed by atoms with Gasteiger partial charge in [-0.25, -0.2) is 9.59 Å². The summed E-state index contributed by atoms with van der Waals surface area (Å²) < 4.78 is 0. The molecule has 0 atom stereocenters. The Morgan fingerprint density at radius 3 is 1.38 bits per heavy atom. The number of hydrogen-bond donors (Lipinski definition) is 4. The van der Waals surface area contributed by atoms with Crippen molar-refractivity contribution in [2.75, 3.05) is 0 Å². The van der Waals surface area contributed by atoms with E-state index in [1.807, 2.05) is 0 Å². The quantitative estimate of drug-likeness (QED) is 0.506. The summed E-state index contributed by atoms with van der Waals surface area (Å²) in [6, 6.07) is 9.43. The summed E-state index contributed by atoms with van der Waals surface area (Å²) >= 11 is 0. The van der Waals surface area contributed by atoms with Gasteiger partial charge in [-0.15, -0.1) is 0 Å². The fourth-order valence-electron chi connectivity index (χ4n) is 2.92. The van der Waals surface area contributed by atoms with Crippen molar-refractivity contribution in [1.82, 2.24) is 0 Å². The van der Waals surface area contributed by atoms with E-state index in [2.05, 4.69) is 0 Å². The molecule has 0 aromatic heterocycles. The number of hydrogen-bond acceptors (Lipinski definition) is 4. The predicted molar refractivity (Wildman–Crippen MR) is 96.0 cm³/mol. The first-order chi connectivity index (χ1) is 12.4. The molecule has 0 bridgehead atoms. The number of rotatable bonds is 9. The molecule has 0 radical (unpaired) electrons. The van der Waals surface area contributed by atoms with Gasteiger partial charge in [0.25, 0.3) is 0 Å². The Hall–Kier alpha value is -3.02. The number of benzene rings is 2. The Kier molecular flexibility index (Phi) is 6.60. The molecule has 0 saturated heterocycles. The molecule has 0 unspecified atom stereocenters. The highest BCUT2D eigenvalue weighted by Gasteiger charge is 2.13. The third-order valence-electron chi connectivity index (χ3n) is 4.34. The first-order valence-electron chi connectivity index (χ1n) is 8.50. The van der Waals surface area contributed by atoms with Crippen molar-refractivity contribution in [2.45, 2.75) is 38.5 Å². The molecule has 2 aromatic carbocycles. The van der Waals surface area contributed by atoms with Crippen molar-refractivity contribution >= 4 is 11.9 Å². The number of carboxylic acids is 2. The fraction of sp³-hybridized carbons (Fsp3) is 0.300. The number of aromatic hydroxyl groups is 2. The van der Waals surface area contributed by atoms with Crippen molar-refractivity contribution in [1.29, 1.82) is 0 Å². The topological polar surface area (TPSA) is 115 Å². The maximum atomic E-state index is 11.0. The second-order valence-corrected chi connectivity index (χ2v) is 6.15. The summed E-state index contributed by atoms with van der Waals surface area (Å²) in [5.74, 6) is -2.63. The third-order valence-corrected chi connectivity index (χ3v) is 4.34. The summed E-state index contributed by atoms with van der Waals surface area (Å²) in [6.45, 7) is 0. The van der Waals surface area contributed by atoms with E-state index >= 15 is 0 Å². The van der Waals surface area contributed by atoms with Crippen LogP contribution in [-0.4, -0.2) is 32.4 Å². The highest BCUT2D eigenvalue weighted by Crippen LogP contribution is 2.26. The van der Waals surface area contributed by atoms with Crippen molar-refractivity contribution in [3.8, 4) is 11.5 Å². The highest BCUT2D eigenvalue weighted by molar-refractivity contribution is 5.91. The molecule has 0 amide bonds. The number of carbonyl (C=O) groups is 2. The number of aromatic carboxylic acids is 2. The SMILES string of the molecule is O=C(O)c1cccc(CCCCCCc2cccc(C(=O)O)c2O)c1O. The summed E-state index contributed by atoms with van der Waals surface area (Å²) in [6.07, 6.45) is 4.56. The third kappa shape index (κ3) is 4.75. The summed E-state index contributed by atoms with van der Waals surface area (Å²) in [4.78, 5) is 22.0. The fourth-order valence-corrected chi connectivity index (χ4v) is 2.92. The van der Waals surface area contributed by atoms with Crippen LogP contribution in [0.4, 0.5) is 0 Å². The summed E-state index contributed by atoms with van der Waals surface area (Å²) in [7, 11) is 0. The number of aryl methyl sites for hydroxylation is 2. The second kappa shape index (κ2) is 8.89. The van der Waals surface area contributed by atoms with Gasteiger partial charge in [0.2, 0.25) is 0 Å². The molecule has 138 valence electrons. The van der Waals surface area contributed by atoms with Crippen molar-refractivity contribution in [3.63, 3.8) is 0 Å². The van der Waals surface area contributed by atoms with E-state index in [9.17, 15) is 19.8 Å². The van der Waals surface area contributed by atoms with Gasteiger partial charge in [0.1, 0.15) is 22.6 Å². The van der Waals surface area contributed by atoms with Crippen molar-refractivity contribution in [3.05, 3.63) is 58.7 Å². The highest BCUT2D eigenvalue weighted by atomic mass is 16.4. The predicted octanol–water partition coefficient (Wildman–Crippen LogP) is 3.84. The van der Waals surface area contributed by atoms with Gasteiger partial charge < -0.3 is 20.4 Å². The Morgan fingerprint density at radius 2 is 1.04 bits per heavy atom. The standard InChI is InChI=1S/C20H22O6/c21-17-13(9-5-11-15(17)19(23)24)7-3-1-2-4-8-14-10-6-12-16(18(14)22)20(25)26/h5-6,9-12,21-22H,1-4,7-8H2,(H,23,24)(H,25,26). The lowest BCUT2D eigenvalue weighted by atomic mass is 10.00. The minimum atomic E-state index is -1.15. The van der Waals surface area contributed by atoms with Crippen LogP contribution in [0.25, 0.3) is 0 Å². The molecule has 2 rings (SSSR count). The van der Waals surface area contributed by atoms with Crippen LogP contribution >= 0.6 is 0 Å². The zero-order valence-electron chi connectivity index (χ0n) is 14.3. The molecule has 0 fully saturated rings. The molecular formula is C20H22O6. The molecule has 2 aromatic rings. The lowest BCUT2D eigenvalue weighted by Gasteiger charge is -2.08. The zero-order valence-corrected chi connectivity index (χ0v) is 14.3. The largest absolute Gasteiger partial charge is 0.507 e. The van der Waals surface area contributed by atoms with E-state index in [0.29, 0.717) is 24.0 Å². The van der Waals surface area contributed by atoms with E-state index in [4.69, 9.17) is 10.2 Å². The second-order valence-electron chi connectivity index (χ2n) is 6.15. The molecule has 0 heterocycles. The van der Waals surface area contributed by atoms with Crippen LogP contribution in [0.3, 0.4) is 0 Å². The van der Waals surface area contributed by atoms with Gasteiger partial charge >= 0.3 is 11.9 Å². The number of unbranched alkanes of at least 4 members (excludes halogenated alkanes) is 3. The Labute approximate surface area is 151 Å². The van der Waals surface area contributed by atoms with E-state index in [0.717, 1.165) is 25.7 Å². The van der Waals surface area contributed by atoms with Gasteiger partial charge in [-0.3, -0.25) is 0 Å². The molecule has 0 saturated carbocycles. The van der Waals surface area contributed by atoms with E-state index in [-0.39, 0.29) is 22.6 Å². The van der Waals surface area contributed by atoms with Crippen LogP contribution in [0.15, 0.2) is 36.4 Å². The zero-order chi connectivity index (χ0) is 19.1. The molecule has 6 nitrogen and oxygen atoms in total. The first-order valence-corrected chi connectivity index (χ1v) is 8.50. The summed E-state index contributed by atoms with van der Waals surface area (Å²) in [5.41, 5.74) is 1.07. The van der Waals surface area contributed by atoms with Crippen LogP contribution in [0, 0.1) is 0 Å². The van der Waals surface area contributed by atoms with E-state index in [1.54, 1.807) is 24.3 Å². The van der Waals surface area contributed by atoms with Crippen molar-refractivity contribution in [2.24, 2.45) is 0 Å². The molecule has 0 aliphatic heterocycles. The Bertz CT molecular complexity index is 729. The number of para-hydroxylation sites is 2. The maximum absolute atomic E-state index is 11.0. The molecule has 0 aliphatic carbocycles. The van der Waals surface area contributed by atoms with Gasteiger partial charge in [0, 0.05) is 0 Å². The van der Waals surface area contributed by atoms with Gasteiger partial charge in [-0.1, -0.05) is 37.1 Å². The average Bonchev–Trinajstić information content (AvgIpc) is 2.60. The Morgan fingerprint density at radius 1 is 0.654 bits per heavy atom. The van der Waals surface area contributed by atoms with Crippen molar-refractivity contribution < 1.29 is 30.0 Å². The van der Waals surface area contributed by atoms with Crippen LogP contribution in [0.1, 0.15) is 57.5 Å². The van der Waals surface area contributed by atoms with Crippen LogP contribution < -0.4 is 0 Å². The minimum Gasteiger partial charge on any atom is -0.507 e. The first kappa shape index (κ1) is 19.3. The molecule has 6 heteroatoms. The lowest BCUT2D eigenvalue weighted by molar-refractivity contribution is 0.0682. The van der Waals surface area contributed by atoms with E-state index in [1.165, 1.54) is 12.1 Å². The minimum absolute atomic E-state index is 0.0868. The lowest BCUT2D eigenvalue weighted by Crippen LogP contribution is -1.99. The van der Waals surface area contributed by atoms with Crippen LogP contribution in [0.2, 0.25) is 0 Å². The summed E-state index contributed by atoms with van der Waals surface area (Å²) in [5, 5.41) is 37.9. The molecular weight excluding hydrogens is 336 g/mol. The van der Waals surface area contributed by atoms with Crippen LogP contribution in [0.5, 0.6) is 11.5 Å². The Balaban J connectivity index is 1.79. The average molecular weight is 358 g/mol. The molecule has 26 heavy (non-hydrogen) atoms. The molecule has 0 spiro atoms. The smallest absolute Gasteiger partial charge is 0.339 e. The van der Waals surface area contributed by atoms with Gasteiger partial charge in [0.05, 0.1) is 0 Å². The maximum Gasteiger partial charge on any atom is 0.339 e. The monoisotopic (exact) mass is 358 g/mol.